The van der Waals surface area contributed by atoms with E-state index in [0.717, 1.165) is 18.2 Å². The second-order valence-electron chi connectivity index (χ2n) is 3.93. The van der Waals surface area contributed by atoms with Gasteiger partial charge in [0, 0.05) is 11.7 Å². The fraction of sp³-hybridized carbons (Fsp3) is 0.364. The van der Waals surface area contributed by atoms with E-state index in [9.17, 15) is 18.0 Å². The van der Waals surface area contributed by atoms with Gasteiger partial charge in [-0.05, 0) is 32.0 Å². The van der Waals surface area contributed by atoms with E-state index in [2.05, 4.69) is 5.32 Å². The van der Waals surface area contributed by atoms with Gasteiger partial charge in [0.15, 0.2) is 0 Å². The number of alkyl halides is 3. The number of anilines is 1. The van der Waals surface area contributed by atoms with Crippen LogP contribution < -0.4 is 11.1 Å². The number of nitrogen functional groups attached to an aromatic ring is 1. The molecule has 0 unspecified atom stereocenters. The van der Waals surface area contributed by atoms with Crippen LogP contribution in [0.2, 0.25) is 0 Å². The van der Waals surface area contributed by atoms with Gasteiger partial charge in [-0.25, -0.2) is 0 Å². The summed E-state index contributed by atoms with van der Waals surface area (Å²) in [5, 5.41) is 2.49. The van der Waals surface area contributed by atoms with Crippen LogP contribution in [-0.2, 0) is 6.18 Å². The normalized spacial score (nSPS) is 11.6. The zero-order chi connectivity index (χ0) is 13.2. The maximum Gasteiger partial charge on any atom is 0.416 e. The maximum absolute atomic E-state index is 12.5. The minimum absolute atomic E-state index is 0.0242. The molecule has 1 aromatic carbocycles. The van der Waals surface area contributed by atoms with Crippen LogP contribution in [0.4, 0.5) is 18.9 Å². The lowest BCUT2D eigenvalue weighted by Gasteiger charge is -2.13. The molecular weight excluding hydrogens is 233 g/mol. The third-order valence-corrected chi connectivity index (χ3v) is 2.05. The average molecular weight is 246 g/mol. The Balaban J connectivity index is 3.11. The summed E-state index contributed by atoms with van der Waals surface area (Å²) in [6.45, 7) is 3.42. The van der Waals surface area contributed by atoms with Crippen molar-refractivity contribution >= 4 is 11.6 Å². The number of carbonyl (C=O) groups is 1. The Morgan fingerprint density at radius 1 is 1.35 bits per heavy atom. The minimum atomic E-state index is -4.49. The van der Waals surface area contributed by atoms with Crippen LogP contribution >= 0.6 is 0 Å². The minimum Gasteiger partial charge on any atom is -0.398 e. The lowest BCUT2D eigenvalue weighted by molar-refractivity contribution is -0.137. The Morgan fingerprint density at radius 3 is 2.41 bits per heavy atom. The topological polar surface area (TPSA) is 55.1 Å². The number of hydrogen-bond acceptors (Lipinski definition) is 2. The van der Waals surface area contributed by atoms with Crippen molar-refractivity contribution in [1.82, 2.24) is 5.32 Å². The molecule has 0 fully saturated rings. The monoisotopic (exact) mass is 246 g/mol. The predicted molar refractivity (Wildman–Crippen MR) is 58.5 cm³/mol. The summed E-state index contributed by atoms with van der Waals surface area (Å²) in [7, 11) is 0. The van der Waals surface area contributed by atoms with Crippen molar-refractivity contribution in [2.24, 2.45) is 0 Å². The van der Waals surface area contributed by atoms with Crippen LogP contribution in [-0.4, -0.2) is 11.9 Å². The van der Waals surface area contributed by atoms with E-state index >= 15 is 0 Å². The number of nitrogens with one attached hydrogen (secondary N) is 1. The Hall–Kier alpha value is -1.72. The van der Waals surface area contributed by atoms with Crippen LogP contribution in [0.1, 0.15) is 29.8 Å². The molecule has 1 amide bonds. The second-order valence-corrected chi connectivity index (χ2v) is 3.93. The molecule has 1 aromatic rings. The first-order valence-corrected chi connectivity index (χ1v) is 4.99. The Kier molecular flexibility index (Phi) is 3.65. The largest absolute Gasteiger partial charge is 0.416 e. The van der Waals surface area contributed by atoms with Gasteiger partial charge in [-0.15, -0.1) is 0 Å². The number of hydrogen-bond donors (Lipinski definition) is 2. The molecule has 3 N–H and O–H groups in total. The number of rotatable bonds is 2. The summed E-state index contributed by atoms with van der Waals surface area (Å²) in [4.78, 5) is 11.6. The van der Waals surface area contributed by atoms with Gasteiger partial charge >= 0.3 is 6.18 Å². The van der Waals surface area contributed by atoms with E-state index in [-0.39, 0.29) is 17.3 Å². The Labute approximate surface area is 96.8 Å². The van der Waals surface area contributed by atoms with Crippen molar-refractivity contribution in [2.75, 3.05) is 5.73 Å². The quantitative estimate of drug-likeness (QED) is 0.787. The van der Waals surface area contributed by atoms with Gasteiger partial charge in [-0.1, -0.05) is 0 Å². The van der Waals surface area contributed by atoms with E-state index in [1.54, 1.807) is 13.8 Å². The number of halogens is 3. The number of amides is 1. The van der Waals surface area contributed by atoms with Crippen LogP contribution in [0.15, 0.2) is 18.2 Å². The molecule has 0 aliphatic heterocycles. The maximum atomic E-state index is 12.5. The lowest BCUT2D eigenvalue weighted by atomic mass is 10.1. The second kappa shape index (κ2) is 4.65. The Bertz CT molecular complexity index is 427. The van der Waals surface area contributed by atoms with Crippen molar-refractivity contribution in [3.05, 3.63) is 29.3 Å². The molecule has 0 saturated heterocycles. The summed E-state index contributed by atoms with van der Waals surface area (Å²) in [5.41, 5.74) is 4.46. The van der Waals surface area contributed by atoms with Crippen LogP contribution in [0.3, 0.4) is 0 Å². The molecule has 0 saturated carbocycles. The van der Waals surface area contributed by atoms with Crippen molar-refractivity contribution in [3.63, 3.8) is 0 Å². The molecule has 0 atom stereocenters. The highest BCUT2D eigenvalue weighted by Gasteiger charge is 2.31. The first-order valence-electron chi connectivity index (χ1n) is 4.99. The standard InChI is InChI=1S/C11H13F3N2O/c1-6(2)16-10(17)8-5-7(11(12,13)14)3-4-9(8)15/h3-6H,15H2,1-2H3,(H,16,17). The molecule has 17 heavy (non-hydrogen) atoms. The number of carbonyl (C=O) groups excluding carboxylic acids is 1. The van der Waals surface area contributed by atoms with Gasteiger partial charge < -0.3 is 11.1 Å². The zero-order valence-corrected chi connectivity index (χ0v) is 9.43. The molecule has 6 heteroatoms. The molecule has 0 spiro atoms. The van der Waals surface area contributed by atoms with E-state index in [0.29, 0.717) is 0 Å². The zero-order valence-electron chi connectivity index (χ0n) is 9.43. The number of benzene rings is 1. The summed E-state index contributed by atoms with van der Waals surface area (Å²) >= 11 is 0. The van der Waals surface area contributed by atoms with Gasteiger partial charge in [-0.3, -0.25) is 4.79 Å². The van der Waals surface area contributed by atoms with Gasteiger partial charge in [-0.2, -0.15) is 13.2 Å². The van der Waals surface area contributed by atoms with Crippen molar-refractivity contribution in [2.45, 2.75) is 26.1 Å². The molecular formula is C11H13F3N2O. The van der Waals surface area contributed by atoms with E-state index < -0.39 is 17.6 Å². The van der Waals surface area contributed by atoms with Gasteiger partial charge in [0.2, 0.25) is 0 Å². The van der Waals surface area contributed by atoms with E-state index in [1.807, 2.05) is 0 Å². The Morgan fingerprint density at radius 2 is 1.94 bits per heavy atom. The summed E-state index contributed by atoms with van der Waals surface area (Å²) in [5.74, 6) is -0.608. The average Bonchev–Trinajstić information content (AvgIpc) is 2.15. The highest BCUT2D eigenvalue weighted by Crippen LogP contribution is 2.31. The smallest absolute Gasteiger partial charge is 0.398 e. The lowest BCUT2D eigenvalue weighted by Crippen LogP contribution is -2.30. The van der Waals surface area contributed by atoms with E-state index in [1.165, 1.54) is 0 Å². The third-order valence-electron chi connectivity index (χ3n) is 2.05. The van der Waals surface area contributed by atoms with Crippen molar-refractivity contribution in [1.29, 1.82) is 0 Å². The van der Waals surface area contributed by atoms with E-state index in [4.69, 9.17) is 5.73 Å². The predicted octanol–water partition coefficient (Wildman–Crippen LogP) is 2.43. The third kappa shape index (κ3) is 3.37. The van der Waals surface area contributed by atoms with Crippen LogP contribution in [0.5, 0.6) is 0 Å². The number of nitrogens with two attached hydrogens (primary N) is 1. The van der Waals surface area contributed by atoms with Gasteiger partial charge in [0.25, 0.3) is 5.91 Å². The molecule has 0 aliphatic carbocycles. The molecule has 0 radical (unpaired) electrons. The molecule has 0 aliphatic rings. The first-order chi connectivity index (χ1) is 7.71. The van der Waals surface area contributed by atoms with Gasteiger partial charge in [0.05, 0.1) is 11.1 Å². The SMILES string of the molecule is CC(C)NC(=O)c1cc(C(F)(F)F)ccc1N. The molecule has 0 aromatic heterocycles. The van der Waals surface area contributed by atoms with Crippen molar-refractivity contribution < 1.29 is 18.0 Å². The van der Waals surface area contributed by atoms with Gasteiger partial charge in [0.1, 0.15) is 0 Å². The first kappa shape index (κ1) is 13.3. The molecule has 3 nitrogen and oxygen atoms in total. The highest BCUT2D eigenvalue weighted by atomic mass is 19.4. The highest BCUT2D eigenvalue weighted by molar-refractivity contribution is 5.99. The fourth-order valence-electron chi connectivity index (χ4n) is 1.27. The summed E-state index contributed by atoms with van der Waals surface area (Å²) < 4.78 is 37.4. The molecule has 0 heterocycles. The molecule has 1 rings (SSSR count). The van der Waals surface area contributed by atoms with Crippen LogP contribution in [0, 0.1) is 0 Å². The fourth-order valence-corrected chi connectivity index (χ4v) is 1.27. The van der Waals surface area contributed by atoms with Crippen molar-refractivity contribution in [3.8, 4) is 0 Å². The molecule has 0 bridgehead atoms. The van der Waals surface area contributed by atoms with Crippen LogP contribution in [0.25, 0.3) is 0 Å². The summed E-state index contributed by atoms with van der Waals surface area (Å²) in [6.07, 6.45) is -4.49. The molecule has 94 valence electrons. The summed E-state index contributed by atoms with van der Waals surface area (Å²) in [6, 6.07) is 2.52.